The fraction of sp³-hybridized carbons (Fsp3) is 0.375. The number of aryl methyl sites for hydroxylation is 1. The quantitative estimate of drug-likeness (QED) is 0.266. The van der Waals surface area contributed by atoms with E-state index in [0.29, 0.717) is 24.5 Å². The molecule has 0 bridgehead atoms. The van der Waals surface area contributed by atoms with Crippen LogP contribution in [0, 0.1) is 6.92 Å². The molecule has 11 nitrogen and oxygen atoms in total. The Morgan fingerprint density at radius 3 is 2.11 bits per heavy atom. The monoisotopic (exact) mass is 627 g/mol. The lowest BCUT2D eigenvalue weighted by Crippen LogP contribution is -2.52. The molecule has 44 heavy (non-hydrogen) atoms. The minimum atomic E-state index is -4.43. The first-order valence-electron chi connectivity index (χ1n) is 14.1. The van der Waals surface area contributed by atoms with Crippen molar-refractivity contribution in [3.05, 3.63) is 71.8 Å². The lowest BCUT2D eigenvalue weighted by molar-refractivity contribution is -0.140. The van der Waals surface area contributed by atoms with Crippen LogP contribution in [0.5, 0.6) is 23.0 Å². The SMILES string of the molecule is CCNC(=O)[C@@H](CC)N(Cc1cccc(C)c1)C(=O)CN(c1cc(OC)ccc1OC)S(=O)(=O)c1ccc(OC)c(OC)c1. The summed E-state index contributed by atoms with van der Waals surface area (Å²) in [4.78, 5) is 28.7. The van der Waals surface area contributed by atoms with E-state index in [-0.39, 0.29) is 34.5 Å². The highest BCUT2D eigenvalue weighted by molar-refractivity contribution is 7.92. The summed E-state index contributed by atoms with van der Waals surface area (Å²) in [7, 11) is 1.27. The molecular weight excluding hydrogens is 586 g/mol. The molecule has 0 aliphatic carbocycles. The van der Waals surface area contributed by atoms with E-state index in [9.17, 15) is 18.0 Å². The van der Waals surface area contributed by atoms with Gasteiger partial charge in [-0.05, 0) is 50.1 Å². The van der Waals surface area contributed by atoms with Gasteiger partial charge in [0.25, 0.3) is 10.0 Å². The van der Waals surface area contributed by atoms with Crippen molar-refractivity contribution >= 4 is 27.5 Å². The molecule has 0 aromatic heterocycles. The number of hydrogen-bond acceptors (Lipinski definition) is 8. The van der Waals surface area contributed by atoms with Crippen molar-refractivity contribution in [1.29, 1.82) is 0 Å². The zero-order valence-electron chi connectivity index (χ0n) is 26.2. The molecule has 0 spiro atoms. The van der Waals surface area contributed by atoms with E-state index in [4.69, 9.17) is 18.9 Å². The molecule has 0 unspecified atom stereocenters. The number of anilines is 1. The number of rotatable bonds is 15. The molecule has 12 heteroatoms. The highest BCUT2D eigenvalue weighted by Gasteiger charge is 2.35. The second kappa shape index (κ2) is 15.3. The molecule has 0 aliphatic heterocycles. The van der Waals surface area contributed by atoms with Crippen LogP contribution in [-0.2, 0) is 26.2 Å². The highest BCUT2D eigenvalue weighted by Crippen LogP contribution is 2.38. The molecular formula is C32H41N3O8S. The lowest BCUT2D eigenvalue weighted by Gasteiger charge is -2.33. The van der Waals surface area contributed by atoms with Gasteiger partial charge in [0.15, 0.2) is 11.5 Å². The Kier molecular flexibility index (Phi) is 11.9. The second-order valence-electron chi connectivity index (χ2n) is 9.90. The Labute approximate surface area is 259 Å². The molecule has 3 aromatic carbocycles. The van der Waals surface area contributed by atoms with Gasteiger partial charge in [0.2, 0.25) is 11.8 Å². The van der Waals surface area contributed by atoms with Gasteiger partial charge in [0.1, 0.15) is 24.1 Å². The van der Waals surface area contributed by atoms with Crippen LogP contribution in [0.2, 0.25) is 0 Å². The molecule has 0 heterocycles. The Balaban J connectivity index is 2.20. The summed E-state index contributed by atoms with van der Waals surface area (Å²) < 4.78 is 51.3. The predicted octanol–water partition coefficient (Wildman–Crippen LogP) is 4.17. The standard InChI is InChI=1S/C32H41N3O8S/c1-8-26(32(37)33-9-2)34(20-23-12-10-11-22(3)17-23)31(36)21-35(27-18-24(40-4)13-15-28(27)41-5)44(38,39)25-14-16-29(42-6)30(19-25)43-7/h10-19,26H,8-9,20-21H2,1-7H3,(H,33,37)/t26-/m1/s1. The van der Waals surface area contributed by atoms with Gasteiger partial charge in [-0.2, -0.15) is 0 Å². The van der Waals surface area contributed by atoms with Crippen molar-refractivity contribution in [3.63, 3.8) is 0 Å². The van der Waals surface area contributed by atoms with Crippen molar-refractivity contribution in [2.45, 2.75) is 44.7 Å². The average Bonchev–Trinajstić information content (AvgIpc) is 3.02. The van der Waals surface area contributed by atoms with E-state index in [0.717, 1.165) is 15.4 Å². The molecule has 0 saturated heterocycles. The van der Waals surface area contributed by atoms with Crippen LogP contribution in [0.15, 0.2) is 65.6 Å². The molecule has 238 valence electrons. The molecule has 0 aliphatic rings. The van der Waals surface area contributed by atoms with Crippen molar-refractivity contribution in [2.24, 2.45) is 0 Å². The molecule has 0 fully saturated rings. The summed E-state index contributed by atoms with van der Waals surface area (Å²) in [5, 5.41) is 2.80. The Bertz CT molecular complexity index is 1560. The normalized spacial score (nSPS) is 11.7. The van der Waals surface area contributed by atoms with E-state index < -0.39 is 28.5 Å². The van der Waals surface area contributed by atoms with Crippen molar-refractivity contribution in [2.75, 3.05) is 45.8 Å². The van der Waals surface area contributed by atoms with Gasteiger partial charge in [0.05, 0.1) is 39.0 Å². The minimum Gasteiger partial charge on any atom is -0.497 e. The topological polar surface area (TPSA) is 124 Å². The first kappa shape index (κ1) is 34.0. The number of hydrogen-bond donors (Lipinski definition) is 1. The summed E-state index contributed by atoms with van der Waals surface area (Å²) in [6.07, 6.45) is 0.314. The first-order valence-corrected chi connectivity index (χ1v) is 15.6. The molecule has 3 rings (SSSR count). The zero-order valence-corrected chi connectivity index (χ0v) is 27.1. The molecule has 0 saturated carbocycles. The van der Waals surface area contributed by atoms with Gasteiger partial charge in [0, 0.05) is 25.2 Å². The van der Waals surface area contributed by atoms with Crippen LogP contribution in [0.4, 0.5) is 5.69 Å². The van der Waals surface area contributed by atoms with Crippen LogP contribution >= 0.6 is 0 Å². The summed E-state index contributed by atoms with van der Waals surface area (Å²) in [6, 6.07) is 15.6. The van der Waals surface area contributed by atoms with Gasteiger partial charge in [-0.25, -0.2) is 8.42 Å². The number of sulfonamides is 1. The van der Waals surface area contributed by atoms with Crippen molar-refractivity contribution in [3.8, 4) is 23.0 Å². The van der Waals surface area contributed by atoms with Crippen LogP contribution in [-0.4, -0.2) is 72.7 Å². The largest absolute Gasteiger partial charge is 0.497 e. The number of nitrogens with one attached hydrogen (secondary N) is 1. The summed E-state index contributed by atoms with van der Waals surface area (Å²) in [5.41, 5.74) is 1.87. The fourth-order valence-electron chi connectivity index (χ4n) is 4.83. The molecule has 2 amide bonds. The number of carbonyl (C=O) groups is 2. The van der Waals surface area contributed by atoms with Crippen molar-refractivity contribution in [1.82, 2.24) is 10.2 Å². The van der Waals surface area contributed by atoms with Gasteiger partial charge in [-0.3, -0.25) is 13.9 Å². The Hall–Kier alpha value is -4.45. The van der Waals surface area contributed by atoms with Crippen LogP contribution in [0.1, 0.15) is 31.4 Å². The third kappa shape index (κ3) is 7.73. The fourth-order valence-corrected chi connectivity index (χ4v) is 6.26. The first-order chi connectivity index (χ1) is 21.0. The molecule has 1 atom stereocenters. The van der Waals surface area contributed by atoms with Crippen molar-refractivity contribution < 1.29 is 37.0 Å². The van der Waals surface area contributed by atoms with E-state index in [2.05, 4.69) is 5.32 Å². The molecule has 1 N–H and O–H groups in total. The van der Waals surface area contributed by atoms with E-state index in [1.165, 1.54) is 57.6 Å². The lowest BCUT2D eigenvalue weighted by atomic mass is 10.1. The summed E-state index contributed by atoms with van der Waals surface area (Å²) >= 11 is 0. The Morgan fingerprint density at radius 1 is 0.841 bits per heavy atom. The van der Waals surface area contributed by atoms with Crippen LogP contribution in [0.25, 0.3) is 0 Å². The maximum absolute atomic E-state index is 14.4. The maximum atomic E-state index is 14.4. The van der Waals surface area contributed by atoms with Crippen LogP contribution in [0.3, 0.4) is 0 Å². The van der Waals surface area contributed by atoms with Gasteiger partial charge in [-0.1, -0.05) is 36.8 Å². The minimum absolute atomic E-state index is 0.0801. The van der Waals surface area contributed by atoms with Gasteiger partial charge < -0.3 is 29.2 Å². The smallest absolute Gasteiger partial charge is 0.265 e. The van der Waals surface area contributed by atoms with E-state index in [1.807, 2.05) is 31.2 Å². The Morgan fingerprint density at radius 2 is 1.52 bits per heavy atom. The van der Waals surface area contributed by atoms with Gasteiger partial charge >= 0.3 is 0 Å². The number of methoxy groups -OCH3 is 4. The summed E-state index contributed by atoms with van der Waals surface area (Å²) in [6.45, 7) is 5.37. The number of benzene rings is 3. The average molecular weight is 628 g/mol. The maximum Gasteiger partial charge on any atom is 0.265 e. The third-order valence-corrected chi connectivity index (χ3v) is 8.80. The molecule has 0 radical (unpaired) electrons. The summed E-state index contributed by atoms with van der Waals surface area (Å²) in [5.74, 6) is 0.170. The highest BCUT2D eigenvalue weighted by atomic mass is 32.2. The zero-order chi connectivity index (χ0) is 32.4. The molecule has 3 aromatic rings. The second-order valence-corrected chi connectivity index (χ2v) is 11.8. The van der Waals surface area contributed by atoms with Crippen LogP contribution < -0.4 is 28.6 Å². The predicted molar refractivity (Wildman–Crippen MR) is 168 cm³/mol. The number of carbonyl (C=O) groups excluding carboxylic acids is 2. The number of ether oxygens (including phenoxy) is 4. The van der Waals surface area contributed by atoms with E-state index in [1.54, 1.807) is 26.0 Å². The number of likely N-dealkylation sites (N-methyl/N-ethyl adjacent to an activating group) is 1. The number of amides is 2. The van der Waals surface area contributed by atoms with E-state index >= 15 is 0 Å². The number of nitrogens with zero attached hydrogens (tertiary/aromatic N) is 2. The van der Waals surface area contributed by atoms with Gasteiger partial charge in [-0.15, -0.1) is 0 Å². The third-order valence-electron chi connectivity index (χ3n) is 7.05.